The van der Waals surface area contributed by atoms with E-state index in [0.29, 0.717) is 22.9 Å². The lowest BCUT2D eigenvalue weighted by Gasteiger charge is -2.15. The van der Waals surface area contributed by atoms with Gasteiger partial charge in [-0.15, -0.1) is 11.8 Å². The van der Waals surface area contributed by atoms with E-state index in [9.17, 15) is 4.79 Å². The maximum Gasteiger partial charge on any atom is 0.237 e. The molecule has 0 aliphatic rings. The Bertz CT molecular complexity index is 705. The van der Waals surface area contributed by atoms with Crippen molar-refractivity contribution in [3.05, 3.63) is 42.5 Å². The van der Waals surface area contributed by atoms with E-state index in [-0.39, 0.29) is 11.2 Å². The number of methoxy groups -OCH3 is 3. The van der Waals surface area contributed by atoms with Crippen LogP contribution in [0.25, 0.3) is 0 Å². The summed E-state index contributed by atoms with van der Waals surface area (Å²) in [6, 6.07) is 12.9. The highest BCUT2D eigenvalue weighted by Crippen LogP contribution is 2.34. The summed E-state index contributed by atoms with van der Waals surface area (Å²) in [6.45, 7) is 1.85. The van der Waals surface area contributed by atoms with Crippen molar-refractivity contribution in [1.29, 1.82) is 0 Å². The highest BCUT2D eigenvalue weighted by molar-refractivity contribution is 8.00. The summed E-state index contributed by atoms with van der Waals surface area (Å²) in [5.74, 6) is 1.83. The van der Waals surface area contributed by atoms with Gasteiger partial charge < -0.3 is 19.5 Å². The highest BCUT2D eigenvalue weighted by atomic mass is 32.2. The van der Waals surface area contributed by atoms with Gasteiger partial charge in [-0.2, -0.15) is 0 Å². The molecule has 5 nitrogen and oxygen atoms in total. The van der Waals surface area contributed by atoms with Crippen LogP contribution in [0.5, 0.6) is 17.2 Å². The van der Waals surface area contributed by atoms with Gasteiger partial charge in [0.05, 0.1) is 32.3 Å². The van der Waals surface area contributed by atoms with Crippen molar-refractivity contribution in [3.63, 3.8) is 0 Å². The van der Waals surface area contributed by atoms with Gasteiger partial charge >= 0.3 is 0 Å². The molecular formula is C18H21NO4S. The maximum atomic E-state index is 12.4. The number of nitrogens with one attached hydrogen (secondary N) is 1. The van der Waals surface area contributed by atoms with Crippen LogP contribution in [-0.2, 0) is 4.79 Å². The number of thioether (sulfide) groups is 1. The highest BCUT2D eigenvalue weighted by Gasteiger charge is 2.17. The summed E-state index contributed by atoms with van der Waals surface area (Å²) in [7, 11) is 4.75. The molecular weight excluding hydrogens is 326 g/mol. The second-order valence-electron chi connectivity index (χ2n) is 4.97. The molecule has 1 N–H and O–H groups in total. The number of rotatable bonds is 7. The Morgan fingerprint density at radius 2 is 1.62 bits per heavy atom. The zero-order chi connectivity index (χ0) is 17.5. The third-order valence-electron chi connectivity index (χ3n) is 3.40. The lowest BCUT2D eigenvalue weighted by atomic mass is 10.3. The minimum absolute atomic E-state index is 0.0979. The van der Waals surface area contributed by atoms with Crippen LogP contribution in [0.3, 0.4) is 0 Å². The van der Waals surface area contributed by atoms with Crippen LogP contribution in [0.1, 0.15) is 6.92 Å². The number of hydrogen-bond acceptors (Lipinski definition) is 5. The number of carbonyl (C=O) groups is 1. The third kappa shape index (κ3) is 4.35. The fourth-order valence-corrected chi connectivity index (χ4v) is 3.03. The summed E-state index contributed by atoms with van der Waals surface area (Å²) >= 11 is 1.44. The standard InChI is InChI=1S/C18H21NO4S/c1-12(18(20)19-14-7-5-6-8-15(14)21-2)24-13-9-10-16(22-3)17(11-13)23-4/h5-12H,1-4H3,(H,19,20)/t12-/m1/s1. The number of benzene rings is 2. The van der Waals surface area contributed by atoms with E-state index < -0.39 is 0 Å². The topological polar surface area (TPSA) is 56.8 Å². The van der Waals surface area contributed by atoms with E-state index in [1.807, 2.05) is 49.4 Å². The Balaban J connectivity index is 2.06. The molecule has 0 fully saturated rings. The van der Waals surface area contributed by atoms with Crippen LogP contribution in [0, 0.1) is 0 Å². The van der Waals surface area contributed by atoms with Crippen LogP contribution in [0.2, 0.25) is 0 Å². The van der Waals surface area contributed by atoms with Crippen molar-refractivity contribution in [2.45, 2.75) is 17.1 Å². The first kappa shape index (κ1) is 18.0. The van der Waals surface area contributed by atoms with Crippen molar-refractivity contribution in [1.82, 2.24) is 0 Å². The SMILES string of the molecule is COc1ccccc1NC(=O)[C@@H](C)Sc1ccc(OC)c(OC)c1. The van der Waals surface area contributed by atoms with Crippen molar-refractivity contribution >= 4 is 23.4 Å². The molecule has 2 aromatic rings. The van der Waals surface area contributed by atoms with E-state index >= 15 is 0 Å². The van der Waals surface area contributed by atoms with Gasteiger partial charge in [-0.1, -0.05) is 12.1 Å². The average molecular weight is 347 g/mol. The third-order valence-corrected chi connectivity index (χ3v) is 4.50. The number of hydrogen-bond donors (Lipinski definition) is 1. The van der Waals surface area contributed by atoms with Crippen molar-refractivity contribution in [3.8, 4) is 17.2 Å². The van der Waals surface area contributed by atoms with E-state index in [0.717, 1.165) is 4.90 Å². The molecule has 6 heteroatoms. The molecule has 0 aromatic heterocycles. The molecule has 1 atom stereocenters. The van der Waals surface area contributed by atoms with Crippen molar-refractivity contribution in [2.75, 3.05) is 26.6 Å². The molecule has 0 bridgehead atoms. The number of amides is 1. The maximum absolute atomic E-state index is 12.4. The summed E-state index contributed by atoms with van der Waals surface area (Å²) < 4.78 is 15.8. The van der Waals surface area contributed by atoms with Crippen molar-refractivity contribution in [2.24, 2.45) is 0 Å². The van der Waals surface area contributed by atoms with E-state index in [1.165, 1.54) is 11.8 Å². The van der Waals surface area contributed by atoms with E-state index in [1.54, 1.807) is 21.3 Å². The summed E-state index contributed by atoms with van der Waals surface area (Å²) in [6.07, 6.45) is 0. The van der Waals surface area contributed by atoms with Gasteiger partial charge in [0.2, 0.25) is 5.91 Å². The molecule has 2 rings (SSSR count). The first-order valence-electron chi connectivity index (χ1n) is 7.41. The van der Waals surface area contributed by atoms with Crippen molar-refractivity contribution < 1.29 is 19.0 Å². The Labute approximate surface area is 146 Å². The average Bonchev–Trinajstić information content (AvgIpc) is 2.61. The van der Waals surface area contributed by atoms with Gasteiger partial charge in [-0.05, 0) is 37.3 Å². The Morgan fingerprint density at radius 1 is 0.958 bits per heavy atom. The molecule has 0 radical (unpaired) electrons. The van der Waals surface area contributed by atoms with E-state index in [2.05, 4.69) is 5.32 Å². The summed E-state index contributed by atoms with van der Waals surface area (Å²) in [5, 5.41) is 2.61. The zero-order valence-corrected chi connectivity index (χ0v) is 15.0. The van der Waals surface area contributed by atoms with Gasteiger partial charge in [0.25, 0.3) is 0 Å². The molecule has 0 unspecified atom stereocenters. The number of anilines is 1. The van der Waals surface area contributed by atoms with Gasteiger partial charge in [0.15, 0.2) is 11.5 Å². The lowest BCUT2D eigenvalue weighted by Crippen LogP contribution is -2.22. The number of ether oxygens (including phenoxy) is 3. The monoisotopic (exact) mass is 347 g/mol. The fraction of sp³-hybridized carbons (Fsp3) is 0.278. The molecule has 0 saturated carbocycles. The molecule has 128 valence electrons. The molecule has 0 heterocycles. The second-order valence-corrected chi connectivity index (χ2v) is 6.38. The van der Waals surface area contributed by atoms with Gasteiger partial charge in [-0.3, -0.25) is 4.79 Å². The molecule has 24 heavy (non-hydrogen) atoms. The minimum atomic E-state index is -0.284. The predicted molar refractivity (Wildman–Crippen MR) is 96.5 cm³/mol. The molecule has 1 amide bonds. The predicted octanol–water partition coefficient (Wildman–Crippen LogP) is 3.83. The largest absolute Gasteiger partial charge is 0.495 e. The van der Waals surface area contributed by atoms with Crippen LogP contribution >= 0.6 is 11.8 Å². The Morgan fingerprint density at radius 3 is 2.29 bits per heavy atom. The lowest BCUT2D eigenvalue weighted by molar-refractivity contribution is -0.115. The van der Waals surface area contributed by atoms with Crippen LogP contribution in [0.4, 0.5) is 5.69 Å². The number of para-hydroxylation sites is 2. The quantitative estimate of drug-likeness (QED) is 0.772. The van der Waals surface area contributed by atoms with E-state index in [4.69, 9.17) is 14.2 Å². The van der Waals surface area contributed by atoms with Crippen LogP contribution in [0.15, 0.2) is 47.4 Å². The smallest absolute Gasteiger partial charge is 0.237 e. The zero-order valence-electron chi connectivity index (χ0n) is 14.2. The molecule has 0 aliphatic carbocycles. The minimum Gasteiger partial charge on any atom is -0.495 e. The van der Waals surface area contributed by atoms with Gasteiger partial charge in [-0.25, -0.2) is 0 Å². The first-order chi connectivity index (χ1) is 11.6. The molecule has 0 spiro atoms. The van der Waals surface area contributed by atoms with Crippen LogP contribution in [-0.4, -0.2) is 32.5 Å². The van der Waals surface area contributed by atoms with Crippen LogP contribution < -0.4 is 19.5 Å². The summed E-state index contributed by atoms with van der Waals surface area (Å²) in [4.78, 5) is 13.3. The normalized spacial score (nSPS) is 11.5. The molecule has 0 saturated heterocycles. The fourth-order valence-electron chi connectivity index (χ4n) is 2.13. The first-order valence-corrected chi connectivity index (χ1v) is 8.29. The molecule has 2 aromatic carbocycles. The molecule has 0 aliphatic heterocycles. The second kappa shape index (κ2) is 8.49. The Hall–Kier alpha value is -2.34. The summed E-state index contributed by atoms with van der Waals surface area (Å²) in [5.41, 5.74) is 0.657. The Kier molecular flexibility index (Phi) is 6.37. The number of carbonyl (C=O) groups excluding carboxylic acids is 1. The van der Waals surface area contributed by atoms with Gasteiger partial charge in [0, 0.05) is 4.90 Å². The van der Waals surface area contributed by atoms with Gasteiger partial charge in [0.1, 0.15) is 5.75 Å².